The van der Waals surface area contributed by atoms with E-state index in [-0.39, 0.29) is 18.5 Å². The van der Waals surface area contributed by atoms with E-state index < -0.39 is 0 Å². The maximum atomic E-state index is 13.0. The first-order valence-electron chi connectivity index (χ1n) is 10.7. The van der Waals surface area contributed by atoms with Gasteiger partial charge in [-0.2, -0.15) is 0 Å². The van der Waals surface area contributed by atoms with Gasteiger partial charge in [0.15, 0.2) is 0 Å². The van der Waals surface area contributed by atoms with Crippen LogP contribution in [0.25, 0.3) is 0 Å². The molecule has 0 atom stereocenters. The Bertz CT molecular complexity index is 993. The average Bonchev–Trinajstić information content (AvgIpc) is 2.82. The van der Waals surface area contributed by atoms with Crippen LogP contribution in [0.5, 0.6) is 0 Å². The SMILES string of the molecule is Cc1ccccc1NC(=O)N(CCCNC(=O)COCc1ccccc1)c1ccccc1. The first-order chi connectivity index (χ1) is 15.6. The Labute approximate surface area is 189 Å². The molecule has 0 bridgehead atoms. The number of para-hydroxylation sites is 2. The molecule has 0 heterocycles. The third-order valence-corrected chi connectivity index (χ3v) is 4.93. The van der Waals surface area contributed by atoms with Crippen molar-refractivity contribution in [1.29, 1.82) is 0 Å². The Kier molecular flexibility index (Phi) is 8.83. The number of aryl methyl sites for hydroxylation is 1. The number of benzene rings is 3. The summed E-state index contributed by atoms with van der Waals surface area (Å²) in [5.41, 5.74) is 3.61. The zero-order chi connectivity index (χ0) is 22.6. The summed E-state index contributed by atoms with van der Waals surface area (Å²) >= 11 is 0. The van der Waals surface area contributed by atoms with Gasteiger partial charge in [0.25, 0.3) is 0 Å². The number of rotatable bonds is 10. The van der Waals surface area contributed by atoms with E-state index in [1.165, 1.54) is 0 Å². The zero-order valence-electron chi connectivity index (χ0n) is 18.3. The third-order valence-electron chi connectivity index (χ3n) is 4.93. The summed E-state index contributed by atoms with van der Waals surface area (Å²) in [4.78, 5) is 26.7. The van der Waals surface area contributed by atoms with Gasteiger partial charge in [0.1, 0.15) is 6.61 Å². The summed E-state index contributed by atoms with van der Waals surface area (Å²) in [5, 5.41) is 5.83. The number of carbonyl (C=O) groups excluding carboxylic acids is 2. The van der Waals surface area contributed by atoms with E-state index in [1.54, 1.807) is 4.90 Å². The summed E-state index contributed by atoms with van der Waals surface area (Å²) in [6, 6.07) is 26.7. The molecule has 0 fully saturated rings. The lowest BCUT2D eigenvalue weighted by Gasteiger charge is -2.24. The van der Waals surface area contributed by atoms with Crippen LogP contribution in [-0.4, -0.2) is 31.6 Å². The highest BCUT2D eigenvalue weighted by molar-refractivity contribution is 6.02. The van der Waals surface area contributed by atoms with Crippen molar-refractivity contribution in [3.8, 4) is 0 Å². The Hall–Kier alpha value is -3.64. The number of anilines is 2. The van der Waals surface area contributed by atoms with Gasteiger partial charge in [0, 0.05) is 24.5 Å². The maximum Gasteiger partial charge on any atom is 0.326 e. The molecule has 0 spiro atoms. The van der Waals surface area contributed by atoms with E-state index in [1.807, 2.05) is 91.9 Å². The highest BCUT2D eigenvalue weighted by atomic mass is 16.5. The lowest BCUT2D eigenvalue weighted by molar-refractivity contribution is -0.126. The van der Waals surface area contributed by atoms with Crippen molar-refractivity contribution < 1.29 is 14.3 Å². The smallest absolute Gasteiger partial charge is 0.326 e. The first-order valence-corrected chi connectivity index (χ1v) is 10.7. The van der Waals surface area contributed by atoms with Crippen LogP contribution in [-0.2, 0) is 16.1 Å². The third kappa shape index (κ3) is 7.25. The fraction of sp³-hybridized carbons (Fsp3) is 0.231. The number of hydrogen-bond donors (Lipinski definition) is 2. The van der Waals surface area contributed by atoms with Gasteiger partial charge < -0.3 is 15.4 Å². The molecule has 0 aliphatic rings. The van der Waals surface area contributed by atoms with Gasteiger partial charge in [-0.3, -0.25) is 9.69 Å². The van der Waals surface area contributed by atoms with Gasteiger partial charge in [0.2, 0.25) is 5.91 Å². The molecule has 3 amide bonds. The molecule has 2 N–H and O–H groups in total. The molecule has 0 unspecified atom stereocenters. The van der Waals surface area contributed by atoms with E-state index in [0.717, 1.165) is 22.5 Å². The fourth-order valence-corrected chi connectivity index (χ4v) is 3.20. The summed E-state index contributed by atoms with van der Waals surface area (Å²) in [6.07, 6.45) is 0.612. The van der Waals surface area contributed by atoms with Crippen LogP contribution in [0.4, 0.5) is 16.2 Å². The quantitative estimate of drug-likeness (QED) is 0.455. The molecule has 6 nitrogen and oxygen atoms in total. The maximum absolute atomic E-state index is 13.0. The Morgan fingerprint density at radius 2 is 1.53 bits per heavy atom. The first kappa shape index (κ1) is 23.0. The molecule has 3 aromatic rings. The molecule has 3 rings (SSSR count). The minimum Gasteiger partial charge on any atom is -0.367 e. The molecule has 0 aliphatic heterocycles. The van der Waals surface area contributed by atoms with Crippen LogP contribution in [0.1, 0.15) is 17.5 Å². The van der Waals surface area contributed by atoms with Gasteiger partial charge in [0.05, 0.1) is 6.61 Å². The van der Waals surface area contributed by atoms with E-state index in [4.69, 9.17) is 4.74 Å². The van der Waals surface area contributed by atoms with Crippen LogP contribution in [0.15, 0.2) is 84.9 Å². The van der Waals surface area contributed by atoms with Crippen molar-refractivity contribution in [3.63, 3.8) is 0 Å². The number of nitrogens with zero attached hydrogens (tertiary/aromatic N) is 1. The Morgan fingerprint density at radius 3 is 2.25 bits per heavy atom. The number of urea groups is 1. The predicted molar refractivity (Wildman–Crippen MR) is 128 cm³/mol. The summed E-state index contributed by atoms with van der Waals surface area (Å²) in [7, 11) is 0. The second-order valence-electron chi connectivity index (χ2n) is 7.41. The van der Waals surface area contributed by atoms with Crippen LogP contribution in [0.3, 0.4) is 0 Å². The highest BCUT2D eigenvalue weighted by Gasteiger charge is 2.16. The molecular weight excluding hydrogens is 402 g/mol. The largest absolute Gasteiger partial charge is 0.367 e. The Morgan fingerprint density at radius 1 is 0.875 bits per heavy atom. The summed E-state index contributed by atoms with van der Waals surface area (Å²) in [5.74, 6) is -0.170. The summed E-state index contributed by atoms with van der Waals surface area (Å²) < 4.78 is 5.46. The molecule has 0 saturated carbocycles. The van der Waals surface area contributed by atoms with Crippen molar-refractivity contribution in [2.45, 2.75) is 20.0 Å². The second kappa shape index (κ2) is 12.3. The van der Waals surface area contributed by atoms with E-state index >= 15 is 0 Å². The lowest BCUT2D eigenvalue weighted by atomic mass is 10.2. The molecule has 32 heavy (non-hydrogen) atoms. The van der Waals surface area contributed by atoms with Crippen LogP contribution < -0.4 is 15.5 Å². The molecule has 0 aromatic heterocycles. The van der Waals surface area contributed by atoms with Crippen molar-refractivity contribution in [3.05, 3.63) is 96.1 Å². The predicted octanol–water partition coefficient (Wildman–Crippen LogP) is 4.76. The van der Waals surface area contributed by atoms with Crippen molar-refractivity contribution in [1.82, 2.24) is 5.32 Å². The zero-order valence-corrected chi connectivity index (χ0v) is 18.3. The van der Waals surface area contributed by atoms with Crippen LogP contribution in [0, 0.1) is 6.92 Å². The Balaban J connectivity index is 1.47. The average molecular weight is 432 g/mol. The number of carbonyl (C=O) groups is 2. The number of hydrogen-bond acceptors (Lipinski definition) is 3. The van der Waals surface area contributed by atoms with Crippen molar-refractivity contribution in [2.24, 2.45) is 0 Å². The van der Waals surface area contributed by atoms with Gasteiger partial charge in [-0.25, -0.2) is 4.79 Å². The molecule has 0 aliphatic carbocycles. The van der Waals surface area contributed by atoms with Gasteiger partial charge in [-0.1, -0.05) is 66.7 Å². The molecule has 0 saturated heterocycles. The van der Waals surface area contributed by atoms with Gasteiger partial charge in [-0.15, -0.1) is 0 Å². The van der Waals surface area contributed by atoms with Gasteiger partial charge in [-0.05, 0) is 42.7 Å². The topological polar surface area (TPSA) is 70.7 Å². The van der Waals surface area contributed by atoms with E-state index in [9.17, 15) is 9.59 Å². The van der Waals surface area contributed by atoms with E-state index in [0.29, 0.717) is 26.1 Å². The molecule has 6 heteroatoms. The molecule has 0 radical (unpaired) electrons. The minimum absolute atomic E-state index is 0.00502. The molecule has 3 aromatic carbocycles. The number of ether oxygens (including phenoxy) is 1. The second-order valence-corrected chi connectivity index (χ2v) is 7.41. The van der Waals surface area contributed by atoms with Gasteiger partial charge >= 0.3 is 6.03 Å². The normalized spacial score (nSPS) is 10.4. The monoisotopic (exact) mass is 431 g/mol. The molecular formula is C26H29N3O3. The highest BCUT2D eigenvalue weighted by Crippen LogP contribution is 2.18. The van der Waals surface area contributed by atoms with E-state index in [2.05, 4.69) is 10.6 Å². The van der Waals surface area contributed by atoms with Crippen molar-refractivity contribution >= 4 is 23.3 Å². The lowest BCUT2D eigenvalue weighted by Crippen LogP contribution is -2.38. The van der Waals surface area contributed by atoms with Crippen LogP contribution in [0.2, 0.25) is 0 Å². The van der Waals surface area contributed by atoms with Crippen molar-refractivity contribution in [2.75, 3.05) is 29.9 Å². The number of nitrogens with one attached hydrogen (secondary N) is 2. The standard InChI is InChI=1S/C26H29N3O3/c1-21-11-8-9-16-24(21)28-26(31)29(23-14-6-3-7-15-23)18-10-17-27-25(30)20-32-19-22-12-4-2-5-13-22/h2-9,11-16H,10,17-20H2,1H3,(H,27,30)(H,28,31). The summed E-state index contributed by atoms with van der Waals surface area (Å²) in [6.45, 7) is 3.28. The minimum atomic E-state index is -0.206. The fourth-order valence-electron chi connectivity index (χ4n) is 3.20. The van der Waals surface area contributed by atoms with Crippen LogP contribution >= 0.6 is 0 Å². The number of amides is 3. The molecule has 166 valence electrons.